The maximum absolute atomic E-state index is 13.3. The number of nitrogens with zero attached hydrogens (tertiary/aromatic N) is 2. The van der Waals surface area contributed by atoms with Crippen LogP contribution in [-0.2, 0) is 40.0 Å². The fourth-order valence-electron chi connectivity index (χ4n) is 10.4. The van der Waals surface area contributed by atoms with E-state index in [1.54, 1.807) is 71.1 Å². The number of esters is 1. The number of rotatable bonds is 24. The minimum atomic E-state index is -0.548. The molecule has 0 fully saturated rings. The minimum Gasteiger partial charge on any atom is -1.00 e. The van der Waals surface area contributed by atoms with Gasteiger partial charge in [0.2, 0.25) is 11.5 Å². The summed E-state index contributed by atoms with van der Waals surface area (Å²) in [5, 5.41) is 0. The van der Waals surface area contributed by atoms with Crippen LogP contribution in [0, 0.1) is 0 Å². The fourth-order valence-corrected chi connectivity index (χ4v) is 10.4. The van der Waals surface area contributed by atoms with Gasteiger partial charge in [-0.1, -0.05) is 6.07 Å². The first kappa shape index (κ1) is 57.8. The number of likely N-dealkylation sites (N-methyl/N-ethyl adjacent to an activating group) is 2. The van der Waals surface area contributed by atoms with Crippen LogP contribution in [0.3, 0.4) is 0 Å². The first-order chi connectivity index (χ1) is 33.3. The number of fused-ring (bicyclic) bond motifs is 2. The lowest BCUT2D eigenvalue weighted by atomic mass is 9.85. The molecule has 0 spiro atoms. The zero-order chi connectivity index (χ0) is 49.9. The summed E-state index contributed by atoms with van der Waals surface area (Å²) in [6.45, 7) is 3.32. The molecule has 0 saturated heterocycles. The SMILES string of the molecule is COc1ccc(CC2c3cc(OC)c(OC)cc3CC[N+]2(C)CCCC(=O)/C=C\C(=O)OCCC[N+]2(C)CCc3cc(OC)c(OC)c(OC)c3C2Cc2cc(OC)c(OC)c(OC)c2)cc1OC.[Cl-].[Cl-]. The third kappa shape index (κ3) is 12.8. The number of carbonyl (C=O) groups excluding carboxylic acids is 2. The molecule has 4 atom stereocenters. The van der Waals surface area contributed by atoms with Crippen molar-refractivity contribution < 1.29 is 95.5 Å². The molecule has 0 saturated carbocycles. The number of benzene rings is 4. The van der Waals surface area contributed by atoms with Crippen LogP contribution in [0.2, 0.25) is 0 Å². The van der Waals surface area contributed by atoms with Crippen LogP contribution in [0.25, 0.3) is 0 Å². The molecular weight excluding hydrogens is 956 g/mol. The number of methoxy groups -OCH3 is 10. The van der Waals surface area contributed by atoms with Crippen LogP contribution in [0.15, 0.2) is 60.7 Å². The number of ether oxygens (including phenoxy) is 11. The van der Waals surface area contributed by atoms with E-state index >= 15 is 0 Å². The number of halogens is 2. The number of hydrogen-bond acceptors (Lipinski definition) is 13. The molecule has 0 aliphatic carbocycles. The zero-order valence-corrected chi connectivity index (χ0v) is 44.9. The molecule has 2 aliphatic rings. The summed E-state index contributed by atoms with van der Waals surface area (Å²) in [6, 6.07) is 16.2. The van der Waals surface area contributed by atoms with Crippen LogP contribution in [0.1, 0.15) is 64.7 Å². The van der Waals surface area contributed by atoms with Crippen molar-refractivity contribution in [1.82, 2.24) is 0 Å². The van der Waals surface area contributed by atoms with Gasteiger partial charge in [0.15, 0.2) is 51.8 Å². The molecule has 15 nitrogen and oxygen atoms in total. The van der Waals surface area contributed by atoms with Crippen LogP contribution >= 0.6 is 0 Å². The van der Waals surface area contributed by atoms with Gasteiger partial charge in [-0.25, -0.2) is 4.79 Å². The van der Waals surface area contributed by atoms with Gasteiger partial charge in [0.25, 0.3) is 0 Å². The lowest BCUT2D eigenvalue weighted by Gasteiger charge is -2.46. The van der Waals surface area contributed by atoms with Gasteiger partial charge in [-0.2, -0.15) is 0 Å². The van der Waals surface area contributed by atoms with Crippen molar-refractivity contribution >= 4 is 11.8 Å². The highest BCUT2D eigenvalue weighted by Crippen LogP contribution is 2.51. The maximum Gasteiger partial charge on any atom is 0.330 e. The number of allylic oxidation sites excluding steroid dienone is 1. The Labute approximate surface area is 432 Å². The Kier molecular flexibility index (Phi) is 21.3. The number of ketones is 1. The minimum absolute atomic E-state index is 0. The number of quaternary nitrogens is 2. The Morgan fingerprint density at radius 2 is 1.01 bits per heavy atom. The molecule has 2 heterocycles. The van der Waals surface area contributed by atoms with Crippen molar-refractivity contribution in [2.45, 2.75) is 57.0 Å². The van der Waals surface area contributed by atoms with E-state index in [-0.39, 0.29) is 49.3 Å². The monoisotopic (exact) mass is 1030 g/mol. The number of hydrogen-bond donors (Lipinski definition) is 0. The second-order valence-corrected chi connectivity index (χ2v) is 18.1. The average molecular weight is 1030 g/mol. The molecule has 6 rings (SSSR count). The van der Waals surface area contributed by atoms with E-state index in [9.17, 15) is 9.59 Å². The van der Waals surface area contributed by atoms with E-state index in [1.165, 1.54) is 23.3 Å². The van der Waals surface area contributed by atoms with Crippen LogP contribution in [0.4, 0.5) is 0 Å². The second kappa shape index (κ2) is 26.1. The number of carbonyl (C=O) groups is 2. The highest BCUT2D eigenvalue weighted by molar-refractivity contribution is 5.95. The van der Waals surface area contributed by atoms with Gasteiger partial charge >= 0.3 is 5.97 Å². The average Bonchev–Trinajstić information content (AvgIpc) is 3.37. The molecular formula is C54H72Cl2N2O13. The standard InChI is InChI=1S/C54H72N2O13.2ClH/c1-55(24-20-37-32-45(61-5)46(62-6)34-40(37)41(55)27-35-16-18-43(59-3)44(29-35)60-4)22-13-15-39(57)17-19-50(58)69-26-14-23-56(2)25-21-38-33-49(65-9)53(67-11)54(68-12)51(38)42(56)28-36-30-47(63-7)52(66-10)48(31-36)64-8;;/h16-19,29-34,41-42H,13-15,20-28H2,1-12H3;2*1H/q+2;;/p-2/b19-17-;;. The summed E-state index contributed by atoms with van der Waals surface area (Å²) >= 11 is 0. The Bertz CT molecular complexity index is 2460. The molecule has 0 amide bonds. The molecule has 0 aromatic heterocycles. The van der Waals surface area contributed by atoms with Crippen molar-refractivity contribution in [3.63, 3.8) is 0 Å². The van der Waals surface area contributed by atoms with Gasteiger partial charge in [0.1, 0.15) is 12.1 Å². The quantitative estimate of drug-likeness (QED) is 0.0439. The van der Waals surface area contributed by atoms with Crippen molar-refractivity contribution in [3.8, 4) is 57.5 Å². The fraction of sp³-hybridized carbons (Fsp3) is 0.481. The van der Waals surface area contributed by atoms with E-state index in [0.29, 0.717) is 94.2 Å². The van der Waals surface area contributed by atoms with Gasteiger partial charge in [0, 0.05) is 56.6 Å². The normalized spacial score (nSPS) is 18.9. The Hall–Kier alpha value is -5.74. The van der Waals surface area contributed by atoms with Crippen molar-refractivity contribution in [2.75, 3.05) is 118 Å². The Morgan fingerprint density at radius 1 is 0.521 bits per heavy atom. The van der Waals surface area contributed by atoms with E-state index in [4.69, 9.17) is 52.1 Å². The van der Waals surface area contributed by atoms with Gasteiger partial charge in [-0.15, -0.1) is 0 Å². The molecule has 0 radical (unpaired) electrons. The van der Waals surface area contributed by atoms with Crippen molar-refractivity contribution in [3.05, 3.63) is 94.1 Å². The van der Waals surface area contributed by atoms with E-state index in [0.717, 1.165) is 65.6 Å². The summed E-state index contributed by atoms with van der Waals surface area (Å²) in [6.07, 6.45) is 7.08. The maximum atomic E-state index is 13.3. The Morgan fingerprint density at radius 3 is 1.61 bits per heavy atom. The van der Waals surface area contributed by atoms with E-state index in [2.05, 4.69) is 32.3 Å². The van der Waals surface area contributed by atoms with Gasteiger partial charge in [0.05, 0.1) is 124 Å². The first-order valence-corrected chi connectivity index (χ1v) is 23.4. The van der Waals surface area contributed by atoms with Crippen molar-refractivity contribution in [2.24, 2.45) is 0 Å². The molecule has 4 unspecified atom stereocenters. The van der Waals surface area contributed by atoms with Crippen LogP contribution < -0.4 is 72.2 Å². The molecule has 4 aromatic carbocycles. The van der Waals surface area contributed by atoms with Crippen molar-refractivity contribution in [1.29, 1.82) is 0 Å². The lowest BCUT2D eigenvalue weighted by molar-refractivity contribution is -0.941. The zero-order valence-electron chi connectivity index (χ0n) is 43.4. The molecule has 71 heavy (non-hydrogen) atoms. The van der Waals surface area contributed by atoms with Gasteiger partial charge in [-0.3, -0.25) is 4.79 Å². The highest BCUT2D eigenvalue weighted by atomic mass is 35.5. The molecule has 0 bridgehead atoms. The van der Waals surface area contributed by atoms with Gasteiger partial charge in [-0.05, 0) is 70.8 Å². The predicted molar refractivity (Wildman–Crippen MR) is 262 cm³/mol. The highest BCUT2D eigenvalue weighted by Gasteiger charge is 2.43. The molecule has 17 heteroatoms. The van der Waals surface area contributed by atoms with Crippen LogP contribution in [0.5, 0.6) is 57.5 Å². The summed E-state index contributed by atoms with van der Waals surface area (Å²) in [5.41, 5.74) is 6.66. The molecule has 390 valence electrons. The smallest absolute Gasteiger partial charge is 0.330 e. The van der Waals surface area contributed by atoms with E-state index < -0.39 is 5.97 Å². The van der Waals surface area contributed by atoms with Gasteiger partial charge < -0.3 is 85.9 Å². The third-order valence-electron chi connectivity index (χ3n) is 14.2. The largest absolute Gasteiger partial charge is 1.00 e. The van der Waals surface area contributed by atoms with E-state index in [1.807, 2.05) is 30.3 Å². The molecule has 2 aliphatic heterocycles. The second-order valence-electron chi connectivity index (χ2n) is 18.1. The first-order valence-electron chi connectivity index (χ1n) is 23.4. The van der Waals surface area contributed by atoms with Crippen LogP contribution in [-0.4, -0.2) is 139 Å². The molecule has 0 N–H and O–H groups in total. The molecule has 4 aromatic rings. The summed E-state index contributed by atoms with van der Waals surface area (Å²) in [5.74, 6) is 5.49. The predicted octanol–water partition coefficient (Wildman–Crippen LogP) is 1.89. The lowest BCUT2D eigenvalue weighted by Crippen LogP contribution is -3.00. The summed E-state index contributed by atoms with van der Waals surface area (Å²) < 4.78 is 64.4. The summed E-state index contributed by atoms with van der Waals surface area (Å²) in [7, 11) is 20.7. The summed E-state index contributed by atoms with van der Waals surface area (Å²) in [4.78, 5) is 26.3. The topological polar surface area (TPSA) is 136 Å². The Balaban J connectivity index is 0.00000548. The third-order valence-corrected chi connectivity index (χ3v) is 14.2.